The van der Waals surface area contributed by atoms with Gasteiger partial charge < -0.3 is 9.84 Å². The van der Waals surface area contributed by atoms with Gasteiger partial charge in [0.1, 0.15) is 12.4 Å². The Hall–Kier alpha value is -0.970. The molecule has 0 bridgehead atoms. The Labute approximate surface area is 122 Å². The fourth-order valence-electron chi connectivity index (χ4n) is 1.65. The minimum absolute atomic E-state index is 0.0194. The summed E-state index contributed by atoms with van der Waals surface area (Å²) in [5.74, 6) is -0.282. The SMILES string of the molecule is CCCN(CCOc1ccc(Cl)cc1Cl)CC(=O)O. The summed E-state index contributed by atoms with van der Waals surface area (Å²) in [5.41, 5.74) is 0. The Morgan fingerprint density at radius 3 is 2.68 bits per heavy atom. The third kappa shape index (κ3) is 6.14. The zero-order valence-corrected chi connectivity index (χ0v) is 12.2. The Bertz CT molecular complexity index is 426. The molecule has 0 atom stereocenters. The van der Waals surface area contributed by atoms with Crippen LogP contribution in [0.5, 0.6) is 5.75 Å². The molecule has 0 heterocycles. The van der Waals surface area contributed by atoms with E-state index in [1.54, 1.807) is 18.2 Å². The molecule has 0 saturated heterocycles. The van der Waals surface area contributed by atoms with Crippen LogP contribution in [0.3, 0.4) is 0 Å². The lowest BCUT2D eigenvalue weighted by Crippen LogP contribution is -2.34. The van der Waals surface area contributed by atoms with Crippen molar-refractivity contribution in [2.75, 3.05) is 26.2 Å². The predicted octanol–water partition coefficient (Wildman–Crippen LogP) is 3.17. The highest BCUT2D eigenvalue weighted by Crippen LogP contribution is 2.27. The molecule has 1 aromatic carbocycles. The lowest BCUT2D eigenvalue weighted by Gasteiger charge is -2.19. The van der Waals surface area contributed by atoms with Crippen LogP contribution in [0.25, 0.3) is 0 Å². The summed E-state index contributed by atoms with van der Waals surface area (Å²) in [6.07, 6.45) is 0.898. The topological polar surface area (TPSA) is 49.8 Å². The number of halogens is 2. The third-order valence-corrected chi connectivity index (χ3v) is 2.99. The smallest absolute Gasteiger partial charge is 0.317 e. The molecule has 0 amide bonds. The van der Waals surface area contributed by atoms with Crippen LogP contribution in [0.4, 0.5) is 0 Å². The highest BCUT2D eigenvalue weighted by atomic mass is 35.5. The number of rotatable bonds is 8. The van der Waals surface area contributed by atoms with Crippen molar-refractivity contribution < 1.29 is 14.6 Å². The van der Waals surface area contributed by atoms with E-state index in [0.29, 0.717) is 28.9 Å². The van der Waals surface area contributed by atoms with Gasteiger partial charge in [-0.3, -0.25) is 9.69 Å². The van der Waals surface area contributed by atoms with E-state index in [1.165, 1.54) is 0 Å². The molecule has 6 heteroatoms. The largest absolute Gasteiger partial charge is 0.491 e. The standard InChI is InChI=1S/C13H17Cl2NO3/c1-2-5-16(9-13(17)18)6-7-19-12-4-3-10(14)8-11(12)15/h3-4,8H,2,5-7,9H2,1H3,(H,17,18). The van der Waals surface area contributed by atoms with Crippen LogP contribution in [-0.2, 0) is 4.79 Å². The van der Waals surface area contributed by atoms with Crippen molar-refractivity contribution in [1.82, 2.24) is 4.90 Å². The van der Waals surface area contributed by atoms with Crippen molar-refractivity contribution in [3.8, 4) is 5.75 Å². The van der Waals surface area contributed by atoms with Gasteiger partial charge in [0.05, 0.1) is 11.6 Å². The zero-order chi connectivity index (χ0) is 14.3. The Morgan fingerprint density at radius 2 is 2.11 bits per heavy atom. The van der Waals surface area contributed by atoms with E-state index in [2.05, 4.69) is 0 Å². The summed E-state index contributed by atoms with van der Waals surface area (Å²) >= 11 is 11.8. The summed E-state index contributed by atoms with van der Waals surface area (Å²) < 4.78 is 5.52. The van der Waals surface area contributed by atoms with Crippen molar-refractivity contribution >= 4 is 29.2 Å². The van der Waals surface area contributed by atoms with E-state index >= 15 is 0 Å². The first-order chi connectivity index (χ1) is 9.02. The zero-order valence-electron chi connectivity index (χ0n) is 10.7. The van der Waals surface area contributed by atoms with E-state index in [1.807, 2.05) is 11.8 Å². The summed E-state index contributed by atoms with van der Waals surface area (Å²) in [4.78, 5) is 12.5. The molecular weight excluding hydrogens is 289 g/mol. The van der Waals surface area contributed by atoms with Gasteiger partial charge in [0.2, 0.25) is 0 Å². The van der Waals surface area contributed by atoms with E-state index in [9.17, 15) is 4.79 Å². The molecule has 0 fully saturated rings. The van der Waals surface area contributed by atoms with Crippen molar-refractivity contribution in [3.63, 3.8) is 0 Å². The number of hydrogen-bond acceptors (Lipinski definition) is 3. The molecule has 106 valence electrons. The number of carbonyl (C=O) groups is 1. The van der Waals surface area contributed by atoms with E-state index < -0.39 is 5.97 Å². The summed E-state index contributed by atoms with van der Waals surface area (Å²) in [5, 5.41) is 9.79. The maximum absolute atomic E-state index is 10.7. The maximum atomic E-state index is 10.7. The van der Waals surface area contributed by atoms with Crippen LogP contribution >= 0.6 is 23.2 Å². The van der Waals surface area contributed by atoms with Gasteiger partial charge in [0, 0.05) is 11.6 Å². The molecule has 0 radical (unpaired) electrons. The lowest BCUT2D eigenvalue weighted by molar-refractivity contribution is -0.138. The van der Waals surface area contributed by atoms with E-state index in [0.717, 1.165) is 13.0 Å². The van der Waals surface area contributed by atoms with Crippen molar-refractivity contribution in [2.45, 2.75) is 13.3 Å². The second-order valence-corrected chi connectivity index (χ2v) is 4.94. The second-order valence-electron chi connectivity index (χ2n) is 4.09. The van der Waals surface area contributed by atoms with Gasteiger partial charge in [-0.05, 0) is 31.2 Å². The number of benzene rings is 1. The highest BCUT2D eigenvalue weighted by molar-refractivity contribution is 6.35. The number of ether oxygens (including phenoxy) is 1. The maximum Gasteiger partial charge on any atom is 0.317 e. The fourth-order valence-corrected chi connectivity index (χ4v) is 2.12. The minimum Gasteiger partial charge on any atom is -0.491 e. The highest BCUT2D eigenvalue weighted by Gasteiger charge is 2.09. The van der Waals surface area contributed by atoms with Gasteiger partial charge in [-0.15, -0.1) is 0 Å². The van der Waals surface area contributed by atoms with Gasteiger partial charge >= 0.3 is 5.97 Å². The number of carboxylic acid groups (broad SMARTS) is 1. The molecule has 19 heavy (non-hydrogen) atoms. The molecule has 1 N–H and O–H groups in total. The van der Waals surface area contributed by atoms with Crippen molar-refractivity contribution in [3.05, 3.63) is 28.2 Å². The first-order valence-electron chi connectivity index (χ1n) is 6.05. The summed E-state index contributed by atoms with van der Waals surface area (Å²) in [7, 11) is 0. The van der Waals surface area contributed by atoms with Gasteiger partial charge in [0.15, 0.2) is 0 Å². The first kappa shape index (κ1) is 16.1. The number of carboxylic acids is 1. The number of aliphatic carboxylic acids is 1. The third-order valence-electron chi connectivity index (χ3n) is 2.46. The second kappa shape index (κ2) is 8.25. The van der Waals surface area contributed by atoms with Crippen molar-refractivity contribution in [2.24, 2.45) is 0 Å². The number of hydrogen-bond donors (Lipinski definition) is 1. The Balaban J connectivity index is 2.44. The predicted molar refractivity (Wildman–Crippen MR) is 76.3 cm³/mol. The van der Waals surface area contributed by atoms with Gasteiger partial charge in [-0.2, -0.15) is 0 Å². The molecule has 1 aromatic rings. The van der Waals surface area contributed by atoms with Crippen LogP contribution < -0.4 is 4.74 Å². The monoisotopic (exact) mass is 305 g/mol. The molecule has 4 nitrogen and oxygen atoms in total. The molecule has 0 aliphatic rings. The molecular formula is C13H17Cl2NO3. The Morgan fingerprint density at radius 1 is 1.37 bits per heavy atom. The molecule has 0 aliphatic carbocycles. The molecule has 0 spiro atoms. The Kier molecular flexibility index (Phi) is 6.99. The van der Waals surface area contributed by atoms with E-state index in [4.69, 9.17) is 33.0 Å². The number of nitrogens with zero attached hydrogens (tertiary/aromatic N) is 1. The normalized spacial score (nSPS) is 10.7. The molecule has 1 rings (SSSR count). The average molecular weight is 306 g/mol. The first-order valence-corrected chi connectivity index (χ1v) is 6.80. The van der Waals surface area contributed by atoms with E-state index in [-0.39, 0.29) is 6.54 Å². The van der Waals surface area contributed by atoms with Crippen LogP contribution in [-0.4, -0.2) is 42.2 Å². The molecule has 0 aromatic heterocycles. The quantitative estimate of drug-likeness (QED) is 0.801. The summed E-state index contributed by atoms with van der Waals surface area (Å²) in [6, 6.07) is 5.01. The van der Waals surface area contributed by atoms with Crippen LogP contribution in [0, 0.1) is 0 Å². The van der Waals surface area contributed by atoms with Crippen molar-refractivity contribution in [1.29, 1.82) is 0 Å². The molecule has 0 aliphatic heterocycles. The molecule has 0 unspecified atom stereocenters. The lowest BCUT2D eigenvalue weighted by atomic mass is 10.3. The average Bonchev–Trinajstić information content (AvgIpc) is 2.31. The molecule has 0 saturated carbocycles. The minimum atomic E-state index is -0.835. The fraction of sp³-hybridized carbons (Fsp3) is 0.462. The van der Waals surface area contributed by atoms with Gasteiger partial charge in [-0.25, -0.2) is 0 Å². The summed E-state index contributed by atoms with van der Waals surface area (Å²) in [6.45, 7) is 3.68. The van der Waals surface area contributed by atoms with Crippen LogP contribution in [0.1, 0.15) is 13.3 Å². The van der Waals surface area contributed by atoms with Gasteiger partial charge in [0.25, 0.3) is 0 Å². The van der Waals surface area contributed by atoms with Gasteiger partial charge in [-0.1, -0.05) is 30.1 Å². The van der Waals surface area contributed by atoms with Crippen LogP contribution in [0.15, 0.2) is 18.2 Å². The van der Waals surface area contributed by atoms with Crippen LogP contribution in [0.2, 0.25) is 10.0 Å².